The molecule has 0 bridgehead atoms. The summed E-state index contributed by atoms with van der Waals surface area (Å²) in [6.45, 7) is 0. The highest BCUT2D eigenvalue weighted by Crippen LogP contribution is 2.36. The van der Waals surface area contributed by atoms with Crippen molar-refractivity contribution in [2.75, 3.05) is 5.73 Å². The lowest BCUT2D eigenvalue weighted by Crippen LogP contribution is -2.04. The van der Waals surface area contributed by atoms with Crippen LogP contribution < -0.4 is 5.73 Å². The molecule has 0 radical (unpaired) electrons. The summed E-state index contributed by atoms with van der Waals surface area (Å²) in [5.41, 5.74) is 6.35. The molecule has 2 rings (SSSR count). The van der Waals surface area contributed by atoms with Crippen LogP contribution in [0.4, 0.5) is 5.82 Å². The molecule has 0 spiro atoms. The molecule has 1 aromatic carbocycles. The number of anilines is 1. The Hall–Kier alpha value is -1.49. The first-order valence-corrected chi connectivity index (χ1v) is 6.17. The second-order valence-corrected chi connectivity index (χ2v) is 4.93. The van der Waals surface area contributed by atoms with E-state index in [-0.39, 0.29) is 21.4 Å². The highest BCUT2D eigenvalue weighted by Gasteiger charge is 2.14. The highest BCUT2D eigenvalue weighted by atomic mass is 35.5. The van der Waals surface area contributed by atoms with Gasteiger partial charge in [-0.2, -0.15) is 0 Å². The number of carboxylic acids is 1. The van der Waals surface area contributed by atoms with Gasteiger partial charge in [-0.05, 0) is 18.2 Å². The molecule has 0 fully saturated rings. The molecule has 1 aromatic heterocycles. The predicted molar refractivity (Wildman–Crippen MR) is 76.1 cm³/mol. The van der Waals surface area contributed by atoms with E-state index in [0.717, 1.165) is 0 Å². The Labute approximate surface area is 123 Å². The third-order valence-corrected chi connectivity index (χ3v) is 3.47. The SMILES string of the molecule is Nc1ncc(-c2cc(Cl)cc(Cl)c2Cl)cc1C(=O)O. The number of pyridine rings is 1. The maximum atomic E-state index is 11.0. The lowest BCUT2D eigenvalue weighted by atomic mass is 10.1. The zero-order valence-electron chi connectivity index (χ0n) is 9.32. The second kappa shape index (κ2) is 5.25. The number of nitrogens with two attached hydrogens (primary N) is 1. The summed E-state index contributed by atoms with van der Waals surface area (Å²) >= 11 is 17.9. The van der Waals surface area contributed by atoms with Crippen LogP contribution in [0.5, 0.6) is 0 Å². The quantitative estimate of drug-likeness (QED) is 0.821. The molecule has 1 heterocycles. The van der Waals surface area contributed by atoms with Gasteiger partial charge >= 0.3 is 5.97 Å². The number of nitrogens with zero attached hydrogens (tertiary/aromatic N) is 1. The number of aromatic nitrogens is 1. The zero-order chi connectivity index (χ0) is 14.2. The lowest BCUT2D eigenvalue weighted by Gasteiger charge is -2.08. The van der Waals surface area contributed by atoms with Gasteiger partial charge in [0, 0.05) is 22.3 Å². The molecular formula is C12H7Cl3N2O2. The molecule has 0 aliphatic carbocycles. The highest BCUT2D eigenvalue weighted by molar-refractivity contribution is 6.45. The number of carboxylic acid groups (broad SMARTS) is 1. The van der Waals surface area contributed by atoms with Crippen molar-refractivity contribution >= 4 is 46.6 Å². The van der Waals surface area contributed by atoms with Gasteiger partial charge in [-0.25, -0.2) is 9.78 Å². The van der Waals surface area contributed by atoms with E-state index in [4.69, 9.17) is 45.6 Å². The predicted octanol–water partition coefficient (Wildman–Crippen LogP) is 3.99. The first kappa shape index (κ1) is 13.9. The molecule has 0 aliphatic rings. The molecule has 0 saturated heterocycles. The molecule has 4 nitrogen and oxygen atoms in total. The summed E-state index contributed by atoms with van der Waals surface area (Å²) in [7, 11) is 0. The minimum atomic E-state index is -1.17. The summed E-state index contributed by atoms with van der Waals surface area (Å²) in [6, 6.07) is 4.45. The fraction of sp³-hybridized carbons (Fsp3) is 0. The normalized spacial score (nSPS) is 10.5. The molecule has 0 unspecified atom stereocenters. The van der Waals surface area contributed by atoms with Crippen LogP contribution >= 0.6 is 34.8 Å². The van der Waals surface area contributed by atoms with Crippen molar-refractivity contribution in [1.82, 2.24) is 4.98 Å². The minimum absolute atomic E-state index is 0.0690. The second-order valence-electron chi connectivity index (χ2n) is 3.71. The number of halogens is 3. The Balaban J connectivity index is 2.66. The average molecular weight is 318 g/mol. The van der Waals surface area contributed by atoms with Gasteiger partial charge in [-0.15, -0.1) is 0 Å². The average Bonchev–Trinajstić information content (AvgIpc) is 2.34. The molecule has 0 aliphatic heterocycles. The van der Waals surface area contributed by atoms with Crippen LogP contribution in [0.1, 0.15) is 10.4 Å². The van der Waals surface area contributed by atoms with Crippen LogP contribution in [0, 0.1) is 0 Å². The van der Waals surface area contributed by atoms with Gasteiger partial charge < -0.3 is 10.8 Å². The summed E-state index contributed by atoms with van der Waals surface area (Å²) in [5.74, 6) is -1.24. The maximum Gasteiger partial charge on any atom is 0.339 e. The number of hydrogen-bond donors (Lipinski definition) is 2. The van der Waals surface area contributed by atoms with E-state index in [9.17, 15) is 4.79 Å². The van der Waals surface area contributed by atoms with Crippen LogP contribution in [0.15, 0.2) is 24.4 Å². The number of hydrogen-bond acceptors (Lipinski definition) is 3. The van der Waals surface area contributed by atoms with Crippen molar-refractivity contribution in [2.24, 2.45) is 0 Å². The number of nitrogen functional groups attached to an aromatic ring is 1. The third kappa shape index (κ3) is 2.76. The van der Waals surface area contributed by atoms with Crippen LogP contribution in [-0.4, -0.2) is 16.1 Å². The molecule has 0 atom stereocenters. The monoisotopic (exact) mass is 316 g/mol. The molecule has 2 aromatic rings. The number of rotatable bonds is 2. The fourth-order valence-electron chi connectivity index (χ4n) is 1.56. The van der Waals surface area contributed by atoms with Gasteiger partial charge in [0.05, 0.1) is 10.0 Å². The van der Waals surface area contributed by atoms with E-state index >= 15 is 0 Å². The van der Waals surface area contributed by atoms with Crippen molar-refractivity contribution in [3.8, 4) is 11.1 Å². The van der Waals surface area contributed by atoms with Crippen LogP contribution in [0.3, 0.4) is 0 Å². The molecular weight excluding hydrogens is 311 g/mol. The standard InChI is InChI=1S/C12H7Cl3N2O2/c13-6-2-7(10(15)9(14)3-6)5-1-8(12(18)19)11(16)17-4-5/h1-4H,(H2,16,17)(H,18,19). The van der Waals surface area contributed by atoms with E-state index in [1.54, 1.807) is 6.07 Å². The molecule has 98 valence electrons. The Bertz CT molecular complexity index is 674. The molecule has 0 saturated carbocycles. The zero-order valence-corrected chi connectivity index (χ0v) is 11.6. The van der Waals surface area contributed by atoms with E-state index < -0.39 is 5.97 Å². The number of aromatic carboxylic acids is 1. The van der Waals surface area contributed by atoms with Gasteiger partial charge in [-0.3, -0.25) is 0 Å². The van der Waals surface area contributed by atoms with Crippen LogP contribution in [0.25, 0.3) is 11.1 Å². The Morgan fingerprint density at radius 3 is 2.53 bits per heavy atom. The van der Waals surface area contributed by atoms with E-state index in [0.29, 0.717) is 16.1 Å². The third-order valence-electron chi connectivity index (χ3n) is 2.45. The van der Waals surface area contributed by atoms with Gasteiger partial charge in [0.25, 0.3) is 0 Å². The van der Waals surface area contributed by atoms with Crippen molar-refractivity contribution in [1.29, 1.82) is 0 Å². The summed E-state index contributed by atoms with van der Waals surface area (Å²) in [5, 5.41) is 9.95. The fourth-order valence-corrected chi connectivity index (χ4v) is 2.27. The Morgan fingerprint density at radius 1 is 1.21 bits per heavy atom. The minimum Gasteiger partial charge on any atom is -0.478 e. The van der Waals surface area contributed by atoms with E-state index in [2.05, 4.69) is 4.98 Å². The molecule has 19 heavy (non-hydrogen) atoms. The van der Waals surface area contributed by atoms with Gasteiger partial charge in [0.15, 0.2) is 0 Å². The smallest absolute Gasteiger partial charge is 0.339 e. The van der Waals surface area contributed by atoms with Crippen LogP contribution in [0.2, 0.25) is 15.1 Å². The summed E-state index contributed by atoms with van der Waals surface area (Å²) < 4.78 is 0. The van der Waals surface area contributed by atoms with Crippen molar-refractivity contribution in [2.45, 2.75) is 0 Å². The largest absolute Gasteiger partial charge is 0.478 e. The van der Waals surface area contributed by atoms with Crippen molar-refractivity contribution < 1.29 is 9.90 Å². The van der Waals surface area contributed by atoms with Gasteiger partial charge in [0.2, 0.25) is 0 Å². The molecule has 3 N–H and O–H groups in total. The first-order valence-electron chi connectivity index (χ1n) is 5.04. The van der Waals surface area contributed by atoms with Crippen molar-refractivity contribution in [3.63, 3.8) is 0 Å². The molecule has 0 amide bonds. The van der Waals surface area contributed by atoms with Crippen molar-refractivity contribution in [3.05, 3.63) is 45.0 Å². The number of carbonyl (C=O) groups is 1. The molecule has 7 heteroatoms. The maximum absolute atomic E-state index is 11.0. The number of benzene rings is 1. The summed E-state index contributed by atoms with van der Waals surface area (Å²) in [6.07, 6.45) is 1.41. The van der Waals surface area contributed by atoms with E-state index in [1.165, 1.54) is 18.3 Å². The lowest BCUT2D eigenvalue weighted by molar-refractivity contribution is 0.0698. The van der Waals surface area contributed by atoms with Gasteiger partial charge in [0.1, 0.15) is 11.4 Å². The Morgan fingerprint density at radius 2 is 1.89 bits per heavy atom. The topological polar surface area (TPSA) is 76.2 Å². The first-order chi connectivity index (χ1) is 8.90. The van der Waals surface area contributed by atoms with E-state index in [1.807, 2.05) is 0 Å². The Kier molecular flexibility index (Phi) is 3.85. The van der Waals surface area contributed by atoms with Crippen LogP contribution in [-0.2, 0) is 0 Å². The van der Waals surface area contributed by atoms with Gasteiger partial charge in [-0.1, -0.05) is 34.8 Å². The summed E-state index contributed by atoms with van der Waals surface area (Å²) in [4.78, 5) is 14.8.